The van der Waals surface area contributed by atoms with Gasteiger partial charge in [0.05, 0.1) is 6.07 Å². The zero-order valence-corrected chi connectivity index (χ0v) is 17.3. The Bertz CT molecular complexity index is 1100. The minimum atomic E-state index is 0.489. The normalized spacial score (nSPS) is 14.4. The van der Waals surface area contributed by atoms with Gasteiger partial charge in [-0.1, -0.05) is 30.3 Å². The van der Waals surface area contributed by atoms with Crippen molar-refractivity contribution in [3.63, 3.8) is 0 Å². The Kier molecular flexibility index (Phi) is 4.75. The van der Waals surface area contributed by atoms with E-state index in [0.717, 1.165) is 44.1 Å². The van der Waals surface area contributed by atoms with Crippen LogP contribution in [0.1, 0.15) is 35.0 Å². The van der Waals surface area contributed by atoms with E-state index in [2.05, 4.69) is 62.6 Å². The van der Waals surface area contributed by atoms with E-state index >= 15 is 0 Å². The minimum Gasteiger partial charge on any atom is -0.488 e. The topological polar surface area (TPSA) is 50.8 Å². The Hall–Kier alpha value is -2.59. The fourth-order valence-corrected chi connectivity index (χ4v) is 4.18. The molecule has 27 heavy (non-hydrogen) atoms. The smallest absolute Gasteiger partial charge is 0.127 e. The summed E-state index contributed by atoms with van der Waals surface area (Å²) in [5.74, 6) is 1.82. The number of rotatable bonds is 2. The summed E-state index contributed by atoms with van der Waals surface area (Å²) < 4.78 is 9.21. The highest BCUT2D eigenvalue weighted by molar-refractivity contribution is 14.1. The van der Waals surface area contributed by atoms with Crippen LogP contribution in [-0.4, -0.2) is 9.55 Å². The molecule has 0 unspecified atom stereocenters. The predicted molar refractivity (Wildman–Crippen MR) is 113 cm³/mol. The molecule has 0 N–H and O–H groups in total. The first-order chi connectivity index (χ1) is 13.1. The molecule has 134 valence electrons. The minimum absolute atomic E-state index is 0.489. The van der Waals surface area contributed by atoms with E-state index in [1.165, 1.54) is 5.56 Å². The predicted octanol–water partition coefficient (Wildman–Crippen LogP) is 5.08. The quantitative estimate of drug-likeness (QED) is 0.390. The molecule has 2 aromatic carbocycles. The van der Waals surface area contributed by atoms with Gasteiger partial charge in [0.15, 0.2) is 0 Å². The number of allylic oxidation sites excluding steroid dienone is 1. The van der Waals surface area contributed by atoms with Crippen molar-refractivity contribution in [3.8, 4) is 11.8 Å². The van der Waals surface area contributed by atoms with Crippen LogP contribution in [0.3, 0.4) is 0 Å². The van der Waals surface area contributed by atoms with Gasteiger partial charge in [-0.25, -0.2) is 4.98 Å². The van der Waals surface area contributed by atoms with Gasteiger partial charge in [-0.05, 0) is 65.3 Å². The van der Waals surface area contributed by atoms with Gasteiger partial charge < -0.3 is 9.30 Å². The number of hydrogen-bond donors (Lipinski definition) is 0. The van der Waals surface area contributed by atoms with Crippen molar-refractivity contribution in [2.75, 3.05) is 0 Å². The fraction of sp³-hybridized carbons (Fsp3) is 0.182. The summed E-state index contributed by atoms with van der Waals surface area (Å²) in [4.78, 5) is 4.46. The number of fused-ring (bicyclic) bond motifs is 2. The van der Waals surface area contributed by atoms with Crippen LogP contribution in [0, 0.1) is 22.0 Å². The van der Waals surface area contributed by atoms with Gasteiger partial charge in [-0.3, -0.25) is 0 Å². The van der Waals surface area contributed by atoms with Crippen molar-refractivity contribution in [2.24, 2.45) is 0 Å². The number of halogens is 1. The summed E-state index contributed by atoms with van der Waals surface area (Å²) in [6, 6.07) is 16.7. The third-order valence-corrected chi connectivity index (χ3v) is 5.34. The summed E-state index contributed by atoms with van der Waals surface area (Å²) in [5, 5.41) is 9.55. The fourth-order valence-electron chi connectivity index (χ4n) is 3.49. The Balaban J connectivity index is 1.80. The highest BCUT2D eigenvalue weighted by atomic mass is 127. The number of ether oxygens (including phenoxy) is 1. The van der Waals surface area contributed by atoms with Crippen LogP contribution < -0.4 is 4.74 Å². The molecule has 3 aromatic rings. The van der Waals surface area contributed by atoms with Gasteiger partial charge in [0.25, 0.3) is 0 Å². The highest BCUT2D eigenvalue weighted by Gasteiger charge is 2.21. The van der Waals surface area contributed by atoms with Crippen LogP contribution in [0.25, 0.3) is 5.57 Å². The van der Waals surface area contributed by atoms with Crippen molar-refractivity contribution >= 4 is 28.2 Å². The lowest BCUT2D eigenvalue weighted by Crippen LogP contribution is -2.03. The molecular weight excluding hydrogens is 449 g/mol. The largest absolute Gasteiger partial charge is 0.488 e. The summed E-state index contributed by atoms with van der Waals surface area (Å²) in [6.45, 7) is 5.13. The lowest BCUT2D eigenvalue weighted by atomic mass is 9.90. The molecule has 0 spiro atoms. The van der Waals surface area contributed by atoms with Crippen LogP contribution in [0.15, 0.2) is 54.2 Å². The Morgan fingerprint density at radius 1 is 1.26 bits per heavy atom. The average molecular weight is 467 g/mol. The molecule has 0 amide bonds. The SMILES string of the molecule is CC(C#N)=C1c2ccc(Cn3cc(I)nc3C)cc2COc2ccccc21. The third-order valence-electron chi connectivity index (χ3n) is 4.82. The number of aryl methyl sites for hydroxylation is 1. The number of hydrogen-bond acceptors (Lipinski definition) is 3. The molecule has 5 heteroatoms. The maximum Gasteiger partial charge on any atom is 0.127 e. The first kappa shape index (κ1) is 17.8. The summed E-state index contributed by atoms with van der Waals surface area (Å²) in [5.41, 5.74) is 5.99. The summed E-state index contributed by atoms with van der Waals surface area (Å²) in [7, 11) is 0. The first-order valence-corrected chi connectivity index (χ1v) is 9.79. The van der Waals surface area contributed by atoms with E-state index in [-0.39, 0.29) is 0 Å². The van der Waals surface area contributed by atoms with E-state index in [0.29, 0.717) is 12.2 Å². The van der Waals surface area contributed by atoms with Crippen molar-refractivity contribution < 1.29 is 4.74 Å². The van der Waals surface area contributed by atoms with Crippen molar-refractivity contribution in [2.45, 2.75) is 27.0 Å². The second kappa shape index (κ2) is 7.20. The molecule has 4 rings (SSSR count). The number of aromatic nitrogens is 2. The van der Waals surface area contributed by atoms with Gasteiger partial charge >= 0.3 is 0 Å². The third kappa shape index (κ3) is 3.37. The van der Waals surface area contributed by atoms with E-state index in [4.69, 9.17) is 4.74 Å². The molecule has 1 aliphatic heterocycles. The Morgan fingerprint density at radius 3 is 2.81 bits per heavy atom. The molecule has 0 saturated carbocycles. The second-order valence-corrected chi connectivity index (χ2v) is 7.73. The Labute approximate surface area is 172 Å². The molecule has 0 fully saturated rings. The number of nitrogens with zero attached hydrogens (tertiary/aromatic N) is 3. The molecule has 0 atom stereocenters. The monoisotopic (exact) mass is 467 g/mol. The van der Waals surface area contributed by atoms with Gasteiger partial charge in [0.2, 0.25) is 0 Å². The zero-order valence-electron chi connectivity index (χ0n) is 15.2. The summed E-state index contributed by atoms with van der Waals surface area (Å²) in [6.07, 6.45) is 2.05. The van der Waals surface area contributed by atoms with E-state index < -0.39 is 0 Å². The molecule has 0 radical (unpaired) electrons. The molecule has 2 heterocycles. The first-order valence-electron chi connectivity index (χ1n) is 8.71. The average Bonchev–Trinajstić information content (AvgIpc) is 2.89. The molecule has 1 aliphatic rings. The number of benzene rings is 2. The van der Waals surface area contributed by atoms with Crippen molar-refractivity contribution in [1.29, 1.82) is 5.26 Å². The maximum atomic E-state index is 9.55. The molecular formula is C22H18IN3O. The second-order valence-electron chi connectivity index (χ2n) is 6.63. The maximum absolute atomic E-state index is 9.55. The summed E-state index contributed by atoms with van der Waals surface area (Å²) >= 11 is 2.23. The van der Waals surface area contributed by atoms with Gasteiger partial charge in [-0.15, -0.1) is 0 Å². The van der Waals surface area contributed by atoms with Gasteiger partial charge in [0, 0.05) is 29.5 Å². The van der Waals surface area contributed by atoms with Crippen LogP contribution in [0.5, 0.6) is 5.75 Å². The van der Waals surface area contributed by atoms with Gasteiger partial charge in [-0.2, -0.15) is 5.26 Å². The van der Waals surface area contributed by atoms with E-state index in [1.54, 1.807) is 0 Å². The Morgan fingerprint density at radius 2 is 2.07 bits per heavy atom. The van der Waals surface area contributed by atoms with E-state index in [1.807, 2.05) is 38.1 Å². The van der Waals surface area contributed by atoms with Crippen LogP contribution >= 0.6 is 22.6 Å². The van der Waals surface area contributed by atoms with Crippen LogP contribution in [0.4, 0.5) is 0 Å². The highest BCUT2D eigenvalue weighted by Crippen LogP contribution is 2.38. The van der Waals surface area contributed by atoms with Crippen LogP contribution in [0.2, 0.25) is 0 Å². The molecule has 4 nitrogen and oxygen atoms in total. The van der Waals surface area contributed by atoms with E-state index in [9.17, 15) is 5.26 Å². The lowest BCUT2D eigenvalue weighted by molar-refractivity contribution is 0.307. The molecule has 0 aliphatic carbocycles. The van der Waals surface area contributed by atoms with Crippen molar-refractivity contribution in [3.05, 3.63) is 86.0 Å². The number of nitriles is 1. The molecule has 0 bridgehead atoms. The molecule has 1 aromatic heterocycles. The lowest BCUT2D eigenvalue weighted by Gasteiger charge is -2.13. The number of imidazole rings is 1. The number of para-hydroxylation sites is 1. The van der Waals surface area contributed by atoms with Crippen molar-refractivity contribution in [1.82, 2.24) is 9.55 Å². The molecule has 0 saturated heterocycles. The standard InChI is InChI=1S/C22H18IN3O/c1-14(10-24)22-18-8-7-16(11-26-12-21(23)25-15(26)2)9-17(18)13-27-20-6-4-3-5-19(20)22/h3-9,12H,11,13H2,1-2H3. The van der Waals surface area contributed by atoms with Gasteiger partial charge in [0.1, 0.15) is 21.9 Å². The van der Waals surface area contributed by atoms with Crippen LogP contribution in [-0.2, 0) is 13.2 Å². The zero-order chi connectivity index (χ0) is 19.0.